The number of guanidine groups is 1. The summed E-state index contributed by atoms with van der Waals surface area (Å²) in [7, 11) is 2.04. The highest BCUT2D eigenvalue weighted by atomic mass is 127. The molecule has 1 fully saturated rings. The fourth-order valence-corrected chi connectivity index (χ4v) is 4.49. The molecule has 1 aromatic heterocycles. The Morgan fingerprint density at radius 2 is 1.90 bits per heavy atom. The zero-order valence-electron chi connectivity index (χ0n) is 19.7. The topological polar surface area (TPSA) is 57.5 Å². The lowest BCUT2D eigenvalue weighted by Crippen LogP contribution is -2.44. The van der Waals surface area contributed by atoms with Crippen LogP contribution in [-0.4, -0.2) is 45.8 Å². The van der Waals surface area contributed by atoms with Crippen LogP contribution in [-0.2, 0) is 33.0 Å². The van der Waals surface area contributed by atoms with Crippen molar-refractivity contribution in [3.63, 3.8) is 0 Å². The smallest absolute Gasteiger partial charge is 0.191 e. The second-order valence-corrected chi connectivity index (χ2v) is 8.24. The normalized spacial score (nSPS) is 19.3. The predicted octanol–water partition coefficient (Wildman–Crippen LogP) is 3.88. The molecule has 1 aliphatic heterocycles. The Morgan fingerprint density at radius 1 is 1.16 bits per heavy atom. The zero-order valence-corrected chi connectivity index (χ0v) is 22.0. The van der Waals surface area contributed by atoms with E-state index in [1.807, 2.05) is 11.7 Å². The summed E-state index contributed by atoms with van der Waals surface area (Å²) in [6, 6.07) is 11.7. The lowest BCUT2D eigenvalue weighted by atomic mass is 10.1. The molecule has 2 N–H and O–H groups in total. The molecule has 0 spiro atoms. The Morgan fingerprint density at radius 3 is 2.55 bits per heavy atom. The highest BCUT2D eigenvalue weighted by Gasteiger charge is 2.29. The van der Waals surface area contributed by atoms with Crippen LogP contribution in [0.25, 0.3) is 0 Å². The Balaban J connectivity index is 0.00000341. The molecule has 0 saturated carbocycles. The molecule has 2 atom stereocenters. The maximum absolute atomic E-state index is 4.93. The van der Waals surface area contributed by atoms with Gasteiger partial charge in [0.25, 0.3) is 0 Å². The van der Waals surface area contributed by atoms with Gasteiger partial charge in [-0.15, -0.1) is 24.0 Å². The Bertz CT molecular complexity index is 832. The number of rotatable bonds is 8. The van der Waals surface area contributed by atoms with Crippen molar-refractivity contribution in [2.24, 2.45) is 12.0 Å². The van der Waals surface area contributed by atoms with Crippen LogP contribution in [0, 0.1) is 0 Å². The fraction of sp³-hybridized carbons (Fsp3) is 0.583. The first-order valence-electron chi connectivity index (χ1n) is 11.4. The number of hydrogen-bond acceptors (Lipinski definition) is 3. The monoisotopic (exact) mass is 538 g/mol. The van der Waals surface area contributed by atoms with Gasteiger partial charge in [-0.1, -0.05) is 44.2 Å². The van der Waals surface area contributed by atoms with Crippen LogP contribution in [0.1, 0.15) is 56.6 Å². The summed E-state index contributed by atoms with van der Waals surface area (Å²) in [6.07, 6.45) is 3.05. The van der Waals surface area contributed by atoms with E-state index in [4.69, 9.17) is 4.99 Å². The summed E-state index contributed by atoms with van der Waals surface area (Å²) in [5, 5.41) is 11.8. The molecule has 2 aromatic rings. The van der Waals surface area contributed by atoms with E-state index in [0.29, 0.717) is 18.6 Å². The van der Waals surface area contributed by atoms with Crippen LogP contribution in [0.3, 0.4) is 0 Å². The van der Waals surface area contributed by atoms with Gasteiger partial charge < -0.3 is 10.6 Å². The van der Waals surface area contributed by atoms with Crippen LogP contribution in [0.2, 0.25) is 0 Å². The SMILES string of the molecule is CCNC(=NCc1c(CC)nn(C)c1CC)NC1CC(C)N(Cc2ccccc2)C1.I. The van der Waals surface area contributed by atoms with Crippen molar-refractivity contribution in [3.05, 3.63) is 52.8 Å². The molecular formula is C24H39IN6. The van der Waals surface area contributed by atoms with E-state index >= 15 is 0 Å². The van der Waals surface area contributed by atoms with Crippen molar-refractivity contribution in [3.8, 4) is 0 Å². The van der Waals surface area contributed by atoms with E-state index in [9.17, 15) is 0 Å². The van der Waals surface area contributed by atoms with Crippen LogP contribution >= 0.6 is 24.0 Å². The molecular weight excluding hydrogens is 499 g/mol. The maximum Gasteiger partial charge on any atom is 0.191 e. The summed E-state index contributed by atoms with van der Waals surface area (Å²) in [4.78, 5) is 7.49. The van der Waals surface area contributed by atoms with Crippen LogP contribution in [0.4, 0.5) is 0 Å². The minimum atomic E-state index is 0. The van der Waals surface area contributed by atoms with Crippen LogP contribution in [0.15, 0.2) is 35.3 Å². The molecule has 3 rings (SSSR count). The molecule has 0 radical (unpaired) electrons. The third-order valence-electron chi connectivity index (χ3n) is 6.04. The van der Waals surface area contributed by atoms with E-state index in [2.05, 4.69) is 78.7 Å². The largest absolute Gasteiger partial charge is 0.357 e. The van der Waals surface area contributed by atoms with Crippen molar-refractivity contribution in [1.29, 1.82) is 0 Å². The first-order valence-corrected chi connectivity index (χ1v) is 11.4. The summed E-state index contributed by atoms with van der Waals surface area (Å²) in [5.41, 5.74) is 5.11. The van der Waals surface area contributed by atoms with Crippen LogP contribution < -0.4 is 10.6 Å². The second-order valence-electron chi connectivity index (χ2n) is 8.24. The molecule has 1 saturated heterocycles. The average molecular weight is 539 g/mol. The predicted molar refractivity (Wildman–Crippen MR) is 140 cm³/mol. The lowest BCUT2D eigenvalue weighted by molar-refractivity contribution is 0.258. The summed E-state index contributed by atoms with van der Waals surface area (Å²) < 4.78 is 2.02. The lowest BCUT2D eigenvalue weighted by Gasteiger charge is -2.21. The summed E-state index contributed by atoms with van der Waals surface area (Å²) >= 11 is 0. The molecule has 2 heterocycles. The van der Waals surface area contributed by atoms with E-state index in [-0.39, 0.29) is 24.0 Å². The van der Waals surface area contributed by atoms with Crippen molar-refractivity contribution < 1.29 is 0 Å². The van der Waals surface area contributed by atoms with Gasteiger partial charge in [0.2, 0.25) is 0 Å². The van der Waals surface area contributed by atoms with Crippen molar-refractivity contribution in [1.82, 2.24) is 25.3 Å². The van der Waals surface area contributed by atoms with E-state index < -0.39 is 0 Å². The molecule has 0 bridgehead atoms. The van der Waals surface area contributed by atoms with Gasteiger partial charge in [-0.25, -0.2) is 4.99 Å². The molecule has 1 aliphatic rings. The molecule has 172 valence electrons. The first kappa shape index (κ1) is 25.6. The number of nitrogens with zero attached hydrogens (tertiary/aromatic N) is 4. The van der Waals surface area contributed by atoms with E-state index in [1.54, 1.807) is 0 Å². The number of aliphatic imine (C=N–C) groups is 1. The minimum absolute atomic E-state index is 0. The molecule has 31 heavy (non-hydrogen) atoms. The summed E-state index contributed by atoms with van der Waals surface area (Å²) in [5.74, 6) is 0.907. The number of likely N-dealkylation sites (tertiary alicyclic amines) is 1. The van der Waals surface area contributed by atoms with Gasteiger partial charge in [-0.3, -0.25) is 9.58 Å². The molecule has 2 unspecified atom stereocenters. The number of aromatic nitrogens is 2. The zero-order chi connectivity index (χ0) is 21.5. The van der Waals surface area contributed by atoms with Crippen molar-refractivity contribution in [2.75, 3.05) is 13.1 Å². The van der Waals surface area contributed by atoms with Gasteiger partial charge in [0, 0.05) is 50.0 Å². The molecule has 0 amide bonds. The third-order valence-corrected chi connectivity index (χ3v) is 6.04. The quantitative estimate of drug-likeness (QED) is 0.305. The summed E-state index contributed by atoms with van der Waals surface area (Å²) in [6.45, 7) is 12.4. The molecule has 7 heteroatoms. The number of benzene rings is 1. The number of hydrogen-bond donors (Lipinski definition) is 2. The molecule has 6 nitrogen and oxygen atoms in total. The fourth-order valence-electron chi connectivity index (χ4n) is 4.49. The standard InChI is InChI=1S/C24H38N6.HI/c1-6-22-21(23(7-2)29(5)28-22)15-26-24(25-8-3)27-20-14-18(4)30(17-20)16-19-12-10-9-11-13-19;/h9-13,18,20H,6-8,14-17H2,1-5H3,(H2,25,26,27);1H. The maximum atomic E-state index is 4.93. The van der Waals surface area contributed by atoms with Crippen LogP contribution in [0.5, 0.6) is 0 Å². The minimum Gasteiger partial charge on any atom is -0.357 e. The molecule has 0 aliphatic carbocycles. The molecule has 1 aromatic carbocycles. The number of halogens is 1. The van der Waals surface area contributed by atoms with Gasteiger partial charge in [0.15, 0.2) is 5.96 Å². The average Bonchev–Trinajstić information content (AvgIpc) is 3.24. The Hall–Kier alpha value is -1.61. The van der Waals surface area contributed by atoms with Gasteiger partial charge >= 0.3 is 0 Å². The second kappa shape index (κ2) is 12.4. The number of nitrogens with one attached hydrogen (secondary N) is 2. The highest BCUT2D eigenvalue weighted by Crippen LogP contribution is 2.20. The van der Waals surface area contributed by atoms with Gasteiger partial charge in [0.05, 0.1) is 12.2 Å². The van der Waals surface area contributed by atoms with Crippen molar-refractivity contribution >= 4 is 29.9 Å². The Labute approximate surface area is 204 Å². The van der Waals surface area contributed by atoms with Gasteiger partial charge in [-0.05, 0) is 38.7 Å². The van der Waals surface area contributed by atoms with Gasteiger partial charge in [0.1, 0.15) is 0 Å². The number of aryl methyl sites for hydroxylation is 2. The van der Waals surface area contributed by atoms with E-state index in [1.165, 1.54) is 16.8 Å². The first-order chi connectivity index (χ1) is 14.5. The Kier molecular flexibility index (Phi) is 10.3. The van der Waals surface area contributed by atoms with Crippen molar-refractivity contribution in [2.45, 2.75) is 72.1 Å². The van der Waals surface area contributed by atoms with Gasteiger partial charge in [-0.2, -0.15) is 5.10 Å². The van der Waals surface area contributed by atoms with E-state index in [0.717, 1.165) is 50.6 Å². The highest BCUT2D eigenvalue weighted by molar-refractivity contribution is 14.0. The third kappa shape index (κ3) is 6.68.